The van der Waals surface area contributed by atoms with Gasteiger partial charge in [0.2, 0.25) is 11.8 Å². The SMILES string of the molecule is COc1ccc(NC(=O)CNC(=O)Cn2cnc3ccccc3c2=O)c(OC)c1. The summed E-state index contributed by atoms with van der Waals surface area (Å²) in [6.45, 7) is -0.500. The van der Waals surface area contributed by atoms with E-state index in [0.29, 0.717) is 28.1 Å². The average Bonchev–Trinajstić information content (AvgIpc) is 2.74. The van der Waals surface area contributed by atoms with Crippen molar-refractivity contribution < 1.29 is 19.1 Å². The van der Waals surface area contributed by atoms with Gasteiger partial charge in [0.15, 0.2) is 0 Å². The van der Waals surface area contributed by atoms with Gasteiger partial charge in [0.1, 0.15) is 18.0 Å². The second-order valence-corrected chi connectivity index (χ2v) is 6.09. The molecule has 0 aliphatic carbocycles. The number of amides is 2. The van der Waals surface area contributed by atoms with Crippen LogP contribution in [0, 0.1) is 0 Å². The quantitative estimate of drug-likeness (QED) is 0.620. The van der Waals surface area contributed by atoms with Crippen LogP contribution in [0.3, 0.4) is 0 Å². The van der Waals surface area contributed by atoms with Crippen LogP contribution in [0.4, 0.5) is 5.69 Å². The highest BCUT2D eigenvalue weighted by atomic mass is 16.5. The van der Waals surface area contributed by atoms with Gasteiger partial charge in [-0.3, -0.25) is 19.0 Å². The number of nitrogens with zero attached hydrogens (tertiary/aromatic N) is 2. The molecule has 0 radical (unpaired) electrons. The Hall–Kier alpha value is -3.88. The normalized spacial score (nSPS) is 10.4. The van der Waals surface area contributed by atoms with Crippen LogP contribution < -0.4 is 25.7 Å². The van der Waals surface area contributed by atoms with E-state index in [1.807, 2.05) is 0 Å². The molecule has 9 heteroatoms. The van der Waals surface area contributed by atoms with Crippen molar-refractivity contribution in [2.75, 3.05) is 26.1 Å². The molecule has 0 saturated heterocycles. The summed E-state index contributed by atoms with van der Waals surface area (Å²) >= 11 is 0. The van der Waals surface area contributed by atoms with Gasteiger partial charge in [-0.1, -0.05) is 12.1 Å². The summed E-state index contributed by atoms with van der Waals surface area (Å²) in [4.78, 5) is 40.8. The number of carbonyl (C=O) groups is 2. The van der Waals surface area contributed by atoms with Crippen LogP contribution in [0.25, 0.3) is 10.9 Å². The minimum absolute atomic E-state index is 0.240. The molecule has 0 fully saturated rings. The predicted molar refractivity (Wildman–Crippen MR) is 107 cm³/mol. The number of hydrogen-bond donors (Lipinski definition) is 2. The lowest BCUT2D eigenvalue weighted by atomic mass is 10.2. The Bertz CT molecular complexity index is 1110. The fourth-order valence-corrected chi connectivity index (χ4v) is 2.70. The van der Waals surface area contributed by atoms with Crippen LogP contribution in [0.5, 0.6) is 11.5 Å². The highest BCUT2D eigenvalue weighted by Crippen LogP contribution is 2.28. The molecule has 0 aliphatic rings. The van der Waals surface area contributed by atoms with Gasteiger partial charge in [-0.25, -0.2) is 4.98 Å². The van der Waals surface area contributed by atoms with Crippen molar-refractivity contribution in [2.24, 2.45) is 0 Å². The van der Waals surface area contributed by atoms with Crippen LogP contribution in [-0.2, 0) is 16.1 Å². The third kappa shape index (κ3) is 4.70. The summed E-state index contributed by atoms with van der Waals surface area (Å²) in [6, 6.07) is 11.8. The summed E-state index contributed by atoms with van der Waals surface area (Å²) in [6.07, 6.45) is 1.31. The number of benzene rings is 2. The number of nitrogens with one attached hydrogen (secondary N) is 2. The number of para-hydroxylation sites is 1. The monoisotopic (exact) mass is 396 g/mol. The molecular weight excluding hydrogens is 376 g/mol. The molecule has 2 N–H and O–H groups in total. The van der Waals surface area contributed by atoms with E-state index in [2.05, 4.69) is 15.6 Å². The molecule has 1 heterocycles. The summed E-state index contributed by atoms with van der Waals surface area (Å²) in [5.41, 5.74) is 0.683. The lowest BCUT2D eigenvalue weighted by Crippen LogP contribution is -2.37. The zero-order chi connectivity index (χ0) is 20.8. The standard InChI is InChI=1S/C20H20N4O5/c1-28-13-7-8-16(17(9-13)29-2)23-18(25)10-21-19(26)11-24-12-22-15-6-4-3-5-14(15)20(24)27/h3-9,12H,10-11H2,1-2H3,(H,21,26)(H,23,25). The smallest absolute Gasteiger partial charge is 0.261 e. The Morgan fingerprint density at radius 3 is 2.62 bits per heavy atom. The van der Waals surface area contributed by atoms with E-state index in [9.17, 15) is 14.4 Å². The summed E-state index contributed by atoms with van der Waals surface area (Å²) in [5, 5.41) is 5.56. The van der Waals surface area contributed by atoms with E-state index in [1.165, 1.54) is 25.1 Å². The summed E-state index contributed by atoms with van der Waals surface area (Å²) < 4.78 is 11.5. The van der Waals surface area contributed by atoms with Crippen molar-refractivity contribution >= 4 is 28.4 Å². The Morgan fingerprint density at radius 2 is 1.86 bits per heavy atom. The minimum Gasteiger partial charge on any atom is -0.497 e. The molecule has 150 valence electrons. The lowest BCUT2D eigenvalue weighted by Gasteiger charge is -2.12. The van der Waals surface area contributed by atoms with Crippen LogP contribution in [0.15, 0.2) is 53.6 Å². The molecule has 29 heavy (non-hydrogen) atoms. The average molecular weight is 396 g/mol. The van der Waals surface area contributed by atoms with Gasteiger partial charge < -0.3 is 20.1 Å². The Labute approximate surface area is 166 Å². The number of methoxy groups -OCH3 is 2. The molecule has 0 aliphatic heterocycles. The van der Waals surface area contributed by atoms with Gasteiger partial charge in [-0.2, -0.15) is 0 Å². The third-order valence-corrected chi connectivity index (χ3v) is 4.17. The number of anilines is 1. The van der Waals surface area contributed by atoms with Crippen LogP contribution >= 0.6 is 0 Å². The number of carbonyl (C=O) groups excluding carboxylic acids is 2. The maximum atomic E-state index is 12.4. The molecule has 0 spiro atoms. The van der Waals surface area contributed by atoms with Crippen LogP contribution in [0.1, 0.15) is 0 Å². The fraction of sp³-hybridized carbons (Fsp3) is 0.200. The van der Waals surface area contributed by atoms with Gasteiger partial charge in [0.05, 0.1) is 43.7 Å². The molecule has 0 unspecified atom stereocenters. The topological polar surface area (TPSA) is 112 Å². The predicted octanol–water partition coefficient (Wildman–Crippen LogP) is 1.17. The Kier molecular flexibility index (Phi) is 6.08. The number of fused-ring (bicyclic) bond motifs is 1. The molecule has 0 saturated carbocycles. The number of ether oxygens (including phenoxy) is 2. The van der Waals surface area contributed by atoms with Gasteiger partial charge >= 0.3 is 0 Å². The largest absolute Gasteiger partial charge is 0.497 e. The van der Waals surface area contributed by atoms with Gasteiger partial charge in [-0.05, 0) is 24.3 Å². The van der Waals surface area contributed by atoms with Crippen molar-refractivity contribution in [3.8, 4) is 11.5 Å². The van der Waals surface area contributed by atoms with Crippen LogP contribution in [-0.4, -0.2) is 42.1 Å². The number of aromatic nitrogens is 2. The van der Waals surface area contributed by atoms with E-state index < -0.39 is 11.8 Å². The van der Waals surface area contributed by atoms with E-state index >= 15 is 0 Å². The maximum absolute atomic E-state index is 12.4. The van der Waals surface area contributed by atoms with Crippen LogP contribution in [0.2, 0.25) is 0 Å². The molecule has 2 amide bonds. The van der Waals surface area contributed by atoms with Gasteiger partial charge in [0, 0.05) is 6.07 Å². The first kappa shape index (κ1) is 19.9. The molecule has 0 bridgehead atoms. The van der Waals surface area contributed by atoms with E-state index in [0.717, 1.165) is 0 Å². The fourth-order valence-electron chi connectivity index (χ4n) is 2.70. The molecule has 2 aromatic carbocycles. The van der Waals surface area contributed by atoms with E-state index in [-0.39, 0.29) is 18.6 Å². The van der Waals surface area contributed by atoms with Crippen molar-refractivity contribution in [3.05, 3.63) is 59.1 Å². The number of rotatable bonds is 7. The first-order valence-corrected chi connectivity index (χ1v) is 8.74. The molecule has 0 atom stereocenters. The highest BCUT2D eigenvalue weighted by Gasteiger charge is 2.12. The van der Waals surface area contributed by atoms with Gasteiger partial charge in [0.25, 0.3) is 5.56 Å². The van der Waals surface area contributed by atoms with Crippen molar-refractivity contribution in [2.45, 2.75) is 6.54 Å². The van der Waals surface area contributed by atoms with E-state index in [1.54, 1.807) is 42.5 Å². The van der Waals surface area contributed by atoms with E-state index in [4.69, 9.17) is 9.47 Å². The van der Waals surface area contributed by atoms with Crippen molar-refractivity contribution in [1.29, 1.82) is 0 Å². The van der Waals surface area contributed by atoms with Gasteiger partial charge in [-0.15, -0.1) is 0 Å². The minimum atomic E-state index is -0.485. The Morgan fingerprint density at radius 1 is 1.07 bits per heavy atom. The maximum Gasteiger partial charge on any atom is 0.261 e. The summed E-state index contributed by atoms with van der Waals surface area (Å²) in [7, 11) is 3.00. The zero-order valence-corrected chi connectivity index (χ0v) is 16.0. The molecular formula is C20H20N4O5. The van der Waals surface area contributed by atoms with Crippen molar-refractivity contribution in [1.82, 2.24) is 14.9 Å². The summed E-state index contributed by atoms with van der Waals surface area (Å²) in [5.74, 6) is 0.0900. The molecule has 9 nitrogen and oxygen atoms in total. The first-order chi connectivity index (χ1) is 14.0. The molecule has 3 aromatic rings. The second-order valence-electron chi connectivity index (χ2n) is 6.09. The Balaban J connectivity index is 1.59. The van der Waals surface area contributed by atoms with Crippen molar-refractivity contribution in [3.63, 3.8) is 0 Å². The third-order valence-electron chi connectivity index (χ3n) is 4.17. The zero-order valence-electron chi connectivity index (χ0n) is 16.0. The molecule has 1 aromatic heterocycles. The first-order valence-electron chi connectivity index (χ1n) is 8.74. The lowest BCUT2D eigenvalue weighted by molar-refractivity contribution is -0.124. The highest BCUT2D eigenvalue weighted by molar-refractivity contribution is 5.95. The molecule has 3 rings (SSSR count). The number of hydrogen-bond acceptors (Lipinski definition) is 6. The second kappa shape index (κ2) is 8.87.